The summed E-state index contributed by atoms with van der Waals surface area (Å²) < 4.78 is 0. The number of carbonyl (C=O) groups is 1. The van der Waals surface area contributed by atoms with Crippen molar-refractivity contribution in [2.24, 2.45) is 5.92 Å². The number of hydrogen-bond donors (Lipinski definition) is 0. The van der Waals surface area contributed by atoms with Crippen LogP contribution >= 0.6 is 0 Å². The molecule has 20 heavy (non-hydrogen) atoms. The van der Waals surface area contributed by atoms with E-state index in [1.807, 2.05) is 19.1 Å². The highest BCUT2D eigenvalue weighted by molar-refractivity contribution is 5.66. The van der Waals surface area contributed by atoms with Gasteiger partial charge in [0, 0.05) is 0 Å². The minimum Gasteiger partial charge on any atom is -0.299 e. The monoisotopic (exact) mass is 270 g/mol. The molecule has 1 aliphatic carbocycles. The van der Waals surface area contributed by atoms with Gasteiger partial charge < -0.3 is 0 Å². The first kappa shape index (κ1) is 16.4. The Labute approximate surface area is 123 Å². The van der Waals surface area contributed by atoms with Crippen LogP contribution in [0.2, 0.25) is 0 Å². The fourth-order valence-corrected chi connectivity index (χ4v) is 2.49. The molecule has 0 spiro atoms. The van der Waals surface area contributed by atoms with E-state index in [0.29, 0.717) is 5.92 Å². The third-order valence-corrected chi connectivity index (χ3v) is 3.79. The van der Waals surface area contributed by atoms with Crippen molar-refractivity contribution in [1.82, 2.24) is 0 Å². The fourth-order valence-electron chi connectivity index (χ4n) is 2.49. The van der Waals surface area contributed by atoms with E-state index < -0.39 is 0 Å². The Hall–Kier alpha value is -1.63. The van der Waals surface area contributed by atoms with Gasteiger partial charge in [-0.25, -0.2) is 0 Å². The first-order valence-corrected chi connectivity index (χ1v) is 7.39. The summed E-state index contributed by atoms with van der Waals surface area (Å²) in [7, 11) is 0. The van der Waals surface area contributed by atoms with E-state index in [4.69, 9.17) is 0 Å². The first-order valence-electron chi connectivity index (χ1n) is 7.39. The zero-order valence-electron chi connectivity index (χ0n) is 13.1. The van der Waals surface area contributed by atoms with Gasteiger partial charge in [0.25, 0.3) is 0 Å². The molecule has 0 saturated carbocycles. The molecule has 0 aromatic carbocycles. The lowest BCUT2D eigenvalue weighted by molar-refractivity contribution is -0.104. The van der Waals surface area contributed by atoms with Crippen molar-refractivity contribution >= 4 is 6.29 Å². The van der Waals surface area contributed by atoms with Gasteiger partial charge in [0.15, 0.2) is 0 Å². The maximum absolute atomic E-state index is 10.3. The average molecular weight is 270 g/mol. The largest absolute Gasteiger partial charge is 0.299 e. The van der Waals surface area contributed by atoms with Gasteiger partial charge in [0.2, 0.25) is 0 Å². The summed E-state index contributed by atoms with van der Waals surface area (Å²) in [5.41, 5.74) is 5.23. The average Bonchev–Trinajstić information content (AvgIpc) is 2.38. The zero-order chi connectivity index (χ0) is 15.0. The SMILES string of the molecule is CC1=C(/C=C/C(C)=C/C=C/C(C)=C/C=O)[C@H](C)CCC1. The Morgan fingerprint density at radius 2 is 1.85 bits per heavy atom. The highest BCUT2D eigenvalue weighted by Gasteiger charge is 2.14. The Kier molecular flexibility index (Phi) is 7.00. The molecule has 108 valence electrons. The van der Waals surface area contributed by atoms with Crippen LogP contribution in [0.3, 0.4) is 0 Å². The second kappa shape index (κ2) is 8.52. The maximum atomic E-state index is 10.3. The van der Waals surface area contributed by atoms with Gasteiger partial charge in [-0.15, -0.1) is 0 Å². The van der Waals surface area contributed by atoms with E-state index in [1.165, 1.54) is 36.0 Å². The minimum atomic E-state index is 0.682. The summed E-state index contributed by atoms with van der Waals surface area (Å²) in [6.07, 6.45) is 16.7. The van der Waals surface area contributed by atoms with Crippen LogP contribution in [0.4, 0.5) is 0 Å². The Morgan fingerprint density at radius 3 is 2.50 bits per heavy atom. The molecule has 1 atom stereocenters. The molecule has 0 aromatic heterocycles. The van der Waals surface area contributed by atoms with Crippen LogP contribution in [0.15, 0.2) is 58.7 Å². The van der Waals surface area contributed by atoms with E-state index in [0.717, 1.165) is 11.9 Å². The van der Waals surface area contributed by atoms with Gasteiger partial charge in [-0.05, 0) is 63.2 Å². The van der Waals surface area contributed by atoms with Crippen LogP contribution in [0.1, 0.15) is 47.0 Å². The van der Waals surface area contributed by atoms with E-state index in [1.54, 1.807) is 6.08 Å². The fraction of sp³-hybridized carbons (Fsp3) is 0.421. The van der Waals surface area contributed by atoms with Crippen LogP contribution in [0.5, 0.6) is 0 Å². The Morgan fingerprint density at radius 1 is 1.15 bits per heavy atom. The molecule has 1 rings (SSSR count). The highest BCUT2D eigenvalue weighted by atomic mass is 16.1. The van der Waals surface area contributed by atoms with Crippen molar-refractivity contribution in [3.8, 4) is 0 Å². The van der Waals surface area contributed by atoms with Gasteiger partial charge in [-0.1, -0.05) is 48.5 Å². The molecule has 0 radical (unpaired) electrons. The smallest absolute Gasteiger partial charge is 0.143 e. The summed E-state index contributed by atoms with van der Waals surface area (Å²) in [6.45, 7) is 8.58. The molecule has 0 aromatic rings. The highest BCUT2D eigenvalue weighted by Crippen LogP contribution is 2.30. The Balaban J connectivity index is 2.70. The summed E-state index contributed by atoms with van der Waals surface area (Å²) >= 11 is 0. The lowest BCUT2D eigenvalue weighted by Gasteiger charge is -2.22. The standard InChI is InChI=1S/C19H26O/c1-15(7-5-8-16(2)13-14-20)11-12-19-17(3)9-6-10-18(19)4/h5,7-8,11-14,17H,6,9-10H2,1-4H3/b8-5+,12-11+,15-7+,16-13+/t17-/m1/s1. The van der Waals surface area contributed by atoms with Crippen molar-refractivity contribution < 1.29 is 4.79 Å². The number of carbonyl (C=O) groups excluding carboxylic acids is 1. The molecule has 1 aliphatic rings. The van der Waals surface area contributed by atoms with Crippen LogP contribution in [0, 0.1) is 5.92 Å². The van der Waals surface area contributed by atoms with Gasteiger partial charge in [-0.2, -0.15) is 0 Å². The minimum absolute atomic E-state index is 0.682. The third-order valence-electron chi connectivity index (χ3n) is 3.79. The molecular weight excluding hydrogens is 244 g/mol. The predicted molar refractivity (Wildman–Crippen MR) is 87.6 cm³/mol. The Bertz CT molecular complexity index is 484. The van der Waals surface area contributed by atoms with Crippen LogP contribution < -0.4 is 0 Å². The molecule has 0 fully saturated rings. The summed E-state index contributed by atoms with van der Waals surface area (Å²) in [5.74, 6) is 0.682. The molecular formula is C19H26O. The quantitative estimate of drug-likeness (QED) is 0.375. The van der Waals surface area contributed by atoms with Crippen molar-refractivity contribution in [2.45, 2.75) is 47.0 Å². The molecule has 0 bridgehead atoms. The predicted octanol–water partition coefficient (Wildman–Crippen LogP) is 5.33. The second-order valence-corrected chi connectivity index (χ2v) is 5.68. The van der Waals surface area contributed by atoms with Gasteiger partial charge in [0.1, 0.15) is 6.29 Å². The normalized spacial score (nSPS) is 22.1. The van der Waals surface area contributed by atoms with E-state index in [2.05, 4.69) is 39.0 Å². The molecule has 0 heterocycles. The van der Waals surface area contributed by atoms with E-state index in [9.17, 15) is 4.79 Å². The summed E-state index contributed by atoms with van der Waals surface area (Å²) in [5, 5.41) is 0. The van der Waals surface area contributed by atoms with Gasteiger partial charge in [-0.3, -0.25) is 4.79 Å². The molecule has 0 unspecified atom stereocenters. The first-order chi connectivity index (χ1) is 9.54. The summed E-state index contributed by atoms with van der Waals surface area (Å²) in [4.78, 5) is 10.3. The van der Waals surface area contributed by atoms with Gasteiger partial charge in [0.05, 0.1) is 0 Å². The molecule has 0 N–H and O–H groups in total. The van der Waals surface area contributed by atoms with Crippen molar-refractivity contribution in [3.63, 3.8) is 0 Å². The third kappa shape index (κ3) is 5.56. The van der Waals surface area contributed by atoms with Crippen molar-refractivity contribution in [2.75, 3.05) is 0 Å². The van der Waals surface area contributed by atoms with Crippen LogP contribution in [-0.4, -0.2) is 6.29 Å². The lowest BCUT2D eigenvalue weighted by atomic mass is 9.84. The molecule has 0 amide bonds. The summed E-state index contributed by atoms with van der Waals surface area (Å²) in [6, 6.07) is 0. The topological polar surface area (TPSA) is 17.1 Å². The maximum Gasteiger partial charge on any atom is 0.143 e. The molecule has 0 aliphatic heterocycles. The van der Waals surface area contributed by atoms with Gasteiger partial charge >= 0.3 is 0 Å². The number of allylic oxidation sites excluding steroid dienone is 10. The van der Waals surface area contributed by atoms with Crippen LogP contribution in [-0.2, 0) is 4.79 Å². The van der Waals surface area contributed by atoms with Crippen molar-refractivity contribution in [1.29, 1.82) is 0 Å². The number of hydrogen-bond acceptors (Lipinski definition) is 1. The number of rotatable bonds is 5. The van der Waals surface area contributed by atoms with E-state index >= 15 is 0 Å². The van der Waals surface area contributed by atoms with Crippen LogP contribution in [0.25, 0.3) is 0 Å². The van der Waals surface area contributed by atoms with Crippen molar-refractivity contribution in [3.05, 3.63) is 58.7 Å². The molecule has 0 saturated heterocycles. The number of aldehydes is 1. The molecule has 1 heteroatoms. The van der Waals surface area contributed by atoms with E-state index in [-0.39, 0.29) is 0 Å². The molecule has 1 nitrogen and oxygen atoms in total. The second-order valence-electron chi connectivity index (χ2n) is 5.68. The zero-order valence-corrected chi connectivity index (χ0v) is 13.1. The lowest BCUT2D eigenvalue weighted by Crippen LogP contribution is -2.06.